The maximum absolute atomic E-state index is 11.3. The Bertz CT molecular complexity index is 423. The molecule has 0 aliphatic rings. The van der Waals surface area contributed by atoms with Crippen molar-refractivity contribution < 1.29 is 12.6 Å². The fourth-order valence-electron chi connectivity index (χ4n) is 1.29. The quantitative estimate of drug-likeness (QED) is 0.510. The number of benzene rings is 1. The SMILES string of the molecule is C.C.C.C.C.C.CCC.CCC(C)c1ccc(S(=O)(=O)OC)cc1. The molecule has 24 heavy (non-hydrogen) atoms. The van der Waals surface area contributed by atoms with Gasteiger partial charge in [-0.05, 0) is 30.0 Å². The molecule has 0 fully saturated rings. The van der Waals surface area contributed by atoms with E-state index in [0.29, 0.717) is 5.92 Å². The first-order chi connectivity index (χ1) is 8.42. The Morgan fingerprint density at radius 1 is 0.875 bits per heavy atom. The Kier molecular flexibility index (Phi) is 40.1. The molecule has 0 aliphatic heterocycles. The molecule has 0 aromatic heterocycles. The van der Waals surface area contributed by atoms with E-state index in [0.717, 1.165) is 19.1 Å². The summed E-state index contributed by atoms with van der Waals surface area (Å²) < 4.78 is 27.1. The van der Waals surface area contributed by atoms with Crippen LogP contribution in [0.2, 0.25) is 0 Å². The summed E-state index contributed by atoms with van der Waals surface area (Å²) in [7, 11) is -2.38. The normalized spacial score (nSPS) is 9.38. The molecule has 0 amide bonds. The van der Waals surface area contributed by atoms with Gasteiger partial charge < -0.3 is 0 Å². The molecule has 0 radical (unpaired) electrons. The van der Waals surface area contributed by atoms with Crippen LogP contribution in [0.25, 0.3) is 0 Å². The van der Waals surface area contributed by atoms with Crippen LogP contribution in [-0.2, 0) is 14.3 Å². The van der Waals surface area contributed by atoms with Crippen LogP contribution < -0.4 is 0 Å². The fourth-order valence-corrected chi connectivity index (χ4v) is 1.96. The molecule has 1 rings (SSSR count). The van der Waals surface area contributed by atoms with E-state index in [-0.39, 0.29) is 49.5 Å². The van der Waals surface area contributed by atoms with Crippen LogP contribution in [0.1, 0.15) is 96.6 Å². The van der Waals surface area contributed by atoms with Gasteiger partial charge in [-0.2, -0.15) is 8.42 Å². The summed E-state index contributed by atoms with van der Waals surface area (Å²) in [5.41, 5.74) is 1.15. The van der Waals surface area contributed by atoms with E-state index in [4.69, 9.17) is 0 Å². The van der Waals surface area contributed by atoms with Gasteiger partial charge in [-0.15, -0.1) is 0 Å². The second-order valence-electron chi connectivity index (χ2n) is 4.21. The number of hydrogen-bond acceptors (Lipinski definition) is 3. The van der Waals surface area contributed by atoms with Crippen molar-refractivity contribution in [2.45, 2.75) is 95.9 Å². The molecule has 1 unspecified atom stereocenters. The monoisotopic (exact) mass is 368 g/mol. The van der Waals surface area contributed by atoms with Gasteiger partial charge in [0.1, 0.15) is 0 Å². The van der Waals surface area contributed by atoms with E-state index in [1.165, 1.54) is 6.42 Å². The first-order valence-corrected chi connectivity index (χ1v) is 7.74. The smallest absolute Gasteiger partial charge is 0.270 e. The first-order valence-electron chi connectivity index (χ1n) is 6.33. The topological polar surface area (TPSA) is 43.4 Å². The summed E-state index contributed by atoms with van der Waals surface area (Å²) in [5, 5.41) is 0. The van der Waals surface area contributed by atoms with Gasteiger partial charge in [0.15, 0.2) is 0 Å². The molecule has 0 saturated heterocycles. The van der Waals surface area contributed by atoms with Crippen LogP contribution in [-0.4, -0.2) is 15.5 Å². The van der Waals surface area contributed by atoms with Gasteiger partial charge in [-0.1, -0.05) is 90.8 Å². The highest BCUT2D eigenvalue weighted by molar-refractivity contribution is 7.86. The standard InChI is InChI=1S/C11H16O3S.C3H8.6CH4/c1-4-9(2)10-5-7-11(8-6-10)15(12,13)14-3;1-3-2;;;;;;/h5-9H,4H2,1-3H3;3H2,1-2H3;6*1H4. The summed E-state index contributed by atoms with van der Waals surface area (Å²) in [4.78, 5) is 0.206. The minimum atomic E-state index is -3.55. The zero-order valence-electron chi connectivity index (χ0n) is 11.9. The van der Waals surface area contributed by atoms with Gasteiger partial charge in [0.05, 0.1) is 12.0 Å². The lowest BCUT2D eigenvalue weighted by molar-refractivity contribution is 0.397. The third-order valence-corrected chi connectivity index (χ3v) is 3.86. The van der Waals surface area contributed by atoms with Gasteiger partial charge in [-0.25, -0.2) is 0 Å². The third-order valence-electron chi connectivity index (χ3n) is 2.57. The van der Waals surface area contributed by atoms with E-state index in [2.05, 4.69) is 31.9 Å². The largest absolute Gasteiger partial charge is 0.296 e. The maximum atomic E-state index is 11.3. The van der Waals surface area contributed by atoms with Gasteiger partial charge >= 0.3 is 0 Å². The van der Waals surface area contributed by atoms with Gasteiger partial charge in [0.25, 0.3) is 10.1 Å². The molecule has 0 heterocycles. The predicted octanol–water partition coefficient (Wildman–Crippen LogP) is 7.77. The molecule has 0 aliphatic carbocycles. The molecular formula is C20H48O3S. The molecule has 3 nitrogen and oxygen atoms in total. The molecule has 0 saturated carbocycles. The molecule has 0 N–H and O–H groups in total. The zero-order chi connectivity index (χ0) is 14.2. The Labute approximate surface area is 156 Å². The number of rotatable bonds is 4. The van der Waals surface area contributed by atoms with Crippen LogP contribution in [0.15, 0.2) is 29.2 Å². The number of hydrogen-bond donors (Lipinski definition) is 0. The predicted molar refractivity (Wildman–Crippen MR) is 116 cm³/mol. The average Bonchev–Trinajstić information content (AvgIpc) is 2.39. The van der Waals surface area contributed by atoms with Crippen molar-refractivity contribution in [2.24, 2.45) is 0 Å². The lowest BCUT2D eigenvalue weighted by atomic mass is 9.99. The van der Waals surface area contributed by atoms with Crippen LogP contribution in [0.4, 0.5) is 0 Å². The lowest BCUT2D eigenvalue weighted by Gasteiger charge is -2.09. The fraction of sp³-hybridized carbons (Fsp3) is 0.700. The van der Waals surface area contributed by atoms with Crippen molar-refractivity contribution in [1.82, 2.24) is 0 Å². The highest BCUT2D eigenvalue weighted by Gasteiger charge is 2.12. The van der Waals surface area contributed by atoms with Crippen molar-refractivity contribution in [3.8, 4) is 0 Å². The Morgan fingerprint density at radius 2 is 1.21 bits per heavy atom. The Balaban J connectivity index is -0.0000000599. The second kappa shape index (κ2) is 22.1. The van der Waals surface area contributed by atoms with Crippen LogP contribution in [0, 0.1) is 0 Å². The van der Waals surface area contributed by atoms with Crippen LogP contribution in [0.3, 0.4) is 0 Å². The van der Waals surface area contributed by atoms with E-state index in [9.17, 15) is 8.42 Å². The summed E-state index contributed by atoms with van der Waals surface area (Å²) in [6, 6.07) is 6.83. The van der Waals surface area contributed by atoms with Crippen molar-refractivity contribution in [3.63, 3.8) is 0 Å². The molecule has 0 bridgehead atoms. The molecular weight excluding hydrogens is 320 g/mol. The summed E-state index contributed by atoms with van der Waals surface area (Å²) in [6.45, 7) is 8.46. The summed E-state index contributed by atoms with van der Waals surface area (Å²) in [5.74, 6) is 0.448. The maximum Gasteiger partial charge on any atom is 0.296 e. The Morgan fingerprint density at radius 3 is 1.46 bits per heavy atom. The minimum Gasteiger partial charge on any atom is -0.270 e. The van der Waals surface area contributed by atoms with Crippen molar-refractivity contribution in [3.05, 3.63) is 29.8 Å². The summed E-state index contributed by atoms with van der Waals surface area (Å²) >= 11 is 0. The van der Waals surface area contributed by atoms with Crippen LogP contribution >= 0.6 is 0 Å². The molecule has 1 aromatic rings. The van der Waals surface area contributed by atoms with Gasteiger partial charge in [0.2, 0.25) is 0 Å². The minimum absolute atomic E-state index is 0. The van der Waals surface area contributed by atoms with Gasteiger partial charge in [-0.3, -0.25) is 4.18 Å². The van der Waals surface area contributed by atoms with Gasteiger partial charge in [0, 0.05) is 0 Å². The molecule has 1 atom stereocenters. The zero-order valence-corrected chi connectivity index (χ0v) is 12.8. The lowest BCUT2D eigenvalue weighted by Crippen LogP contribution is -2.03. The van der Waals surface area contributed by atoms with Crippen molar-refractivity contribution in [2.75, 3.05) is 7.11 Å². The highest BCUT2D eigenvalue weighted by Crippen LogP contribution is 2.20. The van der Waals surface area contributed by atoms with E-state index in [1.807, 2.05) is 12.1 Å². The molecule has 152 valence electrons. The Hall–Kier alpha value is -0.870. The van der Waals surface area contributed by atoms with Crippen molar-refractivity contribution in [1.29, 1.82) is 0 Å². The van der Waals surface area contributed by atoms with Crippen molar-refractivity contribution >= 4 is 10.1 Å². The molecule has 0 spiro atoms. The first kappa shape index (κ1) is 43.5. The van der Waals surface area contributed by atoms with Crippen LogP contribution in [0.5, 0.6) is 0 Å². The van der Waals surface area contributed by atoms with E-state index < -0.39 is 10.1 Å². The van der Waals surface area contributed by atoms with E-state index >= 15 is 0 Å². The van der Waals surface area contributed by atoms with E-state index in [1.54, 1.807) is 12.1 Å². The average molecular weight is 369 g/mol. The third kappa shape index (κ3) is 14.7. The molecule has 1 aromatic carbocycles. The second-order valence-corrected chi connectivity index (χ2v) is 5.92. The summed E-state index contributed by atoms with van der Waals surface area (Å²) in [6.07, 6.45) is 2.29. The highest BCUT2D eigenvalue weighted by atomic mass is 32.2. The molecule has 4 heteroatoms.